The quantitative estimate of drug-likeness (QED) is 0.469. The lowest BCUT2D eigenvalue weighted by Crippen LogP contribution is -2.27. The van der Waals surface area contributed by atoms with Crippen LogP contribution in [0.1, 0.15) is 16.7 Å². The minimum atomic E-state index is -0.0906. The largest absolute Gasteiger partial charge is 0.467 e. The normalized spacial score (nSPS) is 16.8. The van der Waals surface area contributed by atoms with Gasteiger partial charge < -0.3 is 9.32 Å². The van der Waals surface area contributed by atoms with Crippen molar-refractivity contribution in [3.8, 4) is 16.3 Å². The van der Waals surface area contributed by atoms with E-state index in [1.807, 2.05) is 63.5 Å². The molecule has 0 saturated carbocycles. The first-order valence-electron chi connectivity index (χ1n) is 8.92. The van der Waals surface area contributed by atoms with E-state index in [-0.39, 0.29) is 11.3 Å². The molecule has 5 rings (SSSR count). The first-order valence-corrected chi connectivity index (χ1v) is 10.8. The van der Waals surface area contributed by atoms with Gasteiger partial charge in [0.1, 0.15) is 16.8 Å². The van der Waals surface area contributed by atoms with Crippen LogP contribution >= 0.6 is 23.1 Å². The molecule has 0 bridgehead atoms. The van der Waals surface area contributed by atoms with E-state index in [0.29, 0.717) is 12.3 Å². The second-order valence-electron chi connectivity index (χ2n) is 6.45. The number of nitrogens with zero attached hydrogens (tertiary/aromatic N) is 3. The third-order valence-corrected chi connectivity index (χ3v) is 6.77. The molecule has 1 aromatic carbocycles. The van der Waals surface area contributed by atoms with Gasteiger partial charge in [0.15, 0.2) is 0 Å². The number of carbonyl (C=O) groups excluding carboxylic acids is 1. The number of benzene rings is 1. The van der Waals surface area contributed by atoms with Gasteiger partial charge in [-0.1, -0.05) is 24.3 Å². The highest BCUT2D eigenvalue weighted by atomic mass is 32.2. The van der Waals surface area contributed by atoms with Crippen LogP contribution in [0.25, 0.3) is 16.3 Å². The Morgan fingerprint density at radius 2 is 2.00 bits per heavy atom. The molecule has 1 fully saturated rings. The molecule has 3 aromatic heterocycles. The zero-order valence-electron chi connectivity index (χ0n) is 14.9. The number of furan rings is 1. The summed E-state index contributed by atoms with van der Waals surface area (Å²) in [5, 5.41) is 6.84. The van der Waals surface area contributed by atoms with E-state index < -0.39 is 0 Å². The first-order chi connectivity index (χ1) is 13.8. The van der Waals surface area contributed by atoms with Gasteiger partial charge in [0.2, 0.25) is 5.91 Å². The summed E-state index contributed by atoms with van der Waals surface area (Å²) in [6.07, 6.45) is 3.69. The van der Waals surface area contributed by atoms with Gasteiger partial charge in [0.05, 0.1) is 29.1 Å². The van der Waals surface area contributed by atoms with E-state index in [1.54, 1.807) is 29.4 Å². The molecule has 1 aliphatic heterocycles. The van der Waals surface area contributed by atoms with E-state index >= 15 is 0 Å². The van der Waals surface area contributed by atoms with E-state index in [2.05, 4.69) is 12.3 Å². The zero-order valence-corrected chi connectivity index (χ0v) is 16.5. The van der Waals surface area contributed by atoms with Gasteiger partial charge >= 0.3 is 0 Å². The highest BCUT2D eigenvalue weighted by molar-refractivity contribution is 8.00. The van der Waals surface area contributed by atoms with Crippen molar-refractivity contribution in [1.29, 1.82) is 0 Å². The van der Waals surface area contributed by atoms with Gasteiger partial charge in [-0.15, -0.1) is 23.1 Å². The minimum absolute atomic E-state index is 0.0906. The summed E-state index contributed by atoms with van der Waals surface area (Å²) >= 11 is 3.30. The number of aromatic nitrogens is 2. The Bertz CT molecular complexity index is 1070. The van der Waals surface area contributed by atoms with Gasteiger partial charge in [-0.05, 0) is 35.7 Å². The third-order valence-electron chi connectivity index (χ3n) is 4.66. The molecule has 0 N–H and O–H groups in total. The average molecular weight is 408 g/mol. The molecule has 4 aromatic rings. The predicted octanol–water partition coefficient (Wildman–Crippen LogP) is 4.97. The second kappa shape index (κ2) is 7.33. The van der Waals surface area contributed by atoms with Crippen molar-refractivity contribution >= 4 is 29.0 Å². The second-order valence-corrected chi connectivity index (χ2v) is 8.47. The Morgan fingerprint density at radius 1 is 1.11 bits per heavy atom. The van der Waals surface area contributed by atoms with Crippen molar-refractivity contribution in [2.24, 2.45) is 0 Å². The molecule has 7 heteroatoms. The number of rotatable bonds is 5. The van der Waals surface area contributed by atoms with Gasteiger partial charge in [-0.25, -0.2) is 4.68 Å². The van der Waals surface area contributed by atoms with Crippen LogP contribution in [0.4, 0.5) is 0 Å². The molecule has 5 nitrogen and oxygen atoms in total. The van der Waals surface area contributed by atoms with E-state index in [4.69, 9.17) is 9.52 Å². The Labute approximate surface area is 170 Å². The van der Waals surface area contributed by atoms with Crippen LogP contribution in [-0.4, -0.2) is 26.3 Å². The van der Waals surface area contributed by atoms with Crippen molar-refractivity contribution in [3.05, 3.63) is 83.8 Å². The molecular formula is C21H17N3O2S2. The van der Waals surface area contributed by atoms with Gasteiger partial charge in [0, 0.05) is 11.8 Å². The lowest BCUT2D eigenvalue weighted by molar-refractivity contribution is -0.128. The Balaban J connectivity index is 1.58. The smallest absolute Gasteiger partial charge is 0.234 e. The maximum atomic E-state index is 12.6. The number of para-hydroxylation sites is 1. The van der Waals surface area contributed by atoms with Crippen molar-refractivity contribution in [3.63, 3.8) is 0 Å². The van der Waals surface area contributed by atoms with Gasteiger partial charge in [0.25, 0.3) is 0 Å². The molecule has 4 heterocycles. The van der Waals surface area contributed by atoms with E-state index in [1.165, 1.54) is 0 Å². The molecular weight excluding hydrogens is 390 g/mol. The Kier molecular flexibility index (Phi) is 4.54. The lowest BCUT2D eigenvalue weighted by atomic mass is 10.2. The molecule has 1 amide bonds. The monoisotopic (exact) mass is 407 g/mol. The van der Waals surface area contributed by atoms with Crippen LogP contribution in [0.3, 0.4) is 0 Å². The number of thioether (sulfide) groups is 1. The SMILES string of the molecule is O=C1CS[C@@H](c2cn(-c3ccccc3)nc2-c2cccs2)N1Cc1ccco1. The molecule has 0 radical (unpaired) electrons. The fraction of sp³-hybridized carbons (Fsp3) is 0.143. The predicted molar refractivity (Wildman–Crippen MR) is 111 cm³/mol. The van der Waals surface area contributed by atoms with E-state index in [9.17, 15) is 4.79 Å². The third kappa shape index (κ3) is 3.16. The highest BCUT2D eigenvalue weighted by Gasteiger charge is 2.36. The number of amides is 1. The highest BCUT2D eigenvalue weighted by Crippen LogP contribution is 2.44. The van der Waals surface area contributed by atoms with Crippen LogP contribution in [-0.2, 0) is 11.3 Å². The number of hydrogen-bond acceptors (Lipinski definition) is 5. The maximum absolute atomic E-state index is 12.6. The standard InChI is InChI=1S/C21H17N3O2S2/c25-19-14-28-21(23(19)12-16-8-4-10-26-16)17-13-24(15-6-2-1-3-7-15)22-20(17)18-9-5-11-27-18/h1-11,13,21H,12,14H2/t21-/m0/s1. The topological polar surface area (TPSA) is 51.3 Å². The van der Waals surface area contributed by atoms with Crippen molar-refractivity contribution in [1.82, 2.24) is 14.7 Å². The first kappa shape index (κ1) is 17.3. The molecule has 0 aliphatic carbocycles. The summed E-state index contributed by atoms with van der Waals surface area (Å²) in [5.41, 5.74) is 2.97. The van der Waals surface area contributed by atoms with Gasteiger partial charge in [-0.3, -0.25) is 4.79 Å². The summed E-state index contributed by atoms with van der Waals surface area (Å²) in [7, 11) is 0. The van der Waals surface area contributed by atoms with Crippen molar-refractivity contribution in [2.45, 2.75) is 11.9 Å². The van der Waals surface area contributed by atoms with Crippen LogP contribution in [0.5, 0.6) is 0 Å². The minimum Gasteiger partial charge on any atom is -0.467 e. The number of thiophene rings is 1. The Hall–Kier alpha value is -2.77. The summed E-state index contributed by atoms with van der Waals surface area (Å²) in [5.74, 6) is 1.37. The van der Waals surface area contributed by atoms with Gasteiger partial charge in [-0.2, -0.15) is 5.10 Å². The zero-order chi connectivity index (χ0) is 18.9. The summed E-state index contributed by atoms with van der Waals surface area (Å²) in [4.78, 5) is 15.6. The maximum Gasteiger partial charge on any atom is 0.234 e. The number of hydrogen-bond donors (Lipinski definition) is 0. The molecule has 0 spiro atoms. The molecule has 140 valence electrons. The van der Waals surface area contributed by atoms with Crippen LogP contribution in [0.2, 0.25) is 0 Å². The molecule has 28 heavy (non-hydrogen) atoms. The molecule has 1 saturated heterocycles. The molecule has 1 aliphatic rings. The average Bonchev–Trinajstić information content (AvgIpc) is 3.51. The van der Waals surface area contributed by atoms with Crippen molar-refractivity contribution < 1.29 is 9.21 Å². The summed E-state index contributed by atoms with van der Waals surface area (Å²) in [6.45, 7) is 0.462. The number of carbonyl (C=O) groups is 1. The van der Waals surface area contributed by atoms with E-state index in [0.717, 1.165) is 27.6 Å². The van der Waals surface area contributed by atoms with Crippen LogP contribution < -0.4 is 0 Å². The summed E-state index contributed by atoms with van der Waals surface area (Å²) in [6, 6.07) is 17.9. The Morgan fingerprint density at radius 3 is 2.75 bits per heavy atom. The fourth-order valence-corrected chi connectivity index (χ4v) is 5.26. The summed E-state index contributed by atoms with van der Waals surface area (Å²) < 4.78 is 7.38. The van der Waals surface area contributed by atoms with Crippen molar-refractivity contribution in [2.75, 3.05) is 5.75 Å². The van der Waals surface area contributed by atoms with Crippen LogP contribution in [0.15, 0.2) is 76.9 Å². The van der Waals surface area contributed by atoms with Crippen LogP contribution in [0, 0.1) is 0 Å². The lowest BCUT2D eigenvalue weighted by Gasteiger charge is -2.22. The molecule has 1 atom stereocenters. The fourth-order valence-electron chi connectivity index (χ4n) is 3.34. The molecule has 0 unspecified atom stereocenters.